The molecule has 1 saturated heterocycles. The van der Waals surface area contributed by atoms with Crippen molar-refractivity contribution in [2.24, 2.45) is 0 Å². The van der Waals surface area contributed by atoms with Crippen LogP contribution < -0.4 is 15.5 Å². The standard InChI is InChI=1S/C19H23N7O2/c1-14-18(26-7-3-2-4-17(26)23-14)19(27)21-6-5-20-16-12-15(13-22-24-16)25-8-10-28-11-9-25/h2-4,7,12-13H,5-6,8-11H2,1H3,(H,20,24)(H,21,27). The first kappa shape index (κ1) is 18.2. The van der Waals surface area contributed by atoms with Crippen LogP contribution in [0.15, 0.2) is 36.7 Å². The molecule has 0 radical (unpaired) electrons. The zero-order valence-electron chi connectivity index (χ0n) is 15.8. The van der Waals surface area contributed by atoms with Gasteiger partial charge in [-0.3, -0.25) is 9.20 Å². The van der Waals surface area contributed by atoms with Crippen LogP contribution in [0.5, 0.6) is 0 Å². The number of fused-ring (bicyclic) bond motifs is 1. The highest BCUT2D eigenvalue weighted by Gasteiger charge is 2.16. The first-order valence-corrected chi connectivity index (χ1v) is 9.33. The number of anilines is 2. The van der Waals surface area contributed by atoms with Crippen molar-refractivity contribution in [3.63, 3.8) is 0 Å². The smallest absolute Gasteiger partial charge is 0.270 e. The Labute approximate surface area is 162 Å². The van der Waals surface area contributed by atoms with Crippen LogP contribution in [0.2, 0.25) is 0 Å². The van der Waals surface area contributed by atoms with E-state index in [1.807, 2.05) is 37.4 Å². The number of amides is 1. The Kier molecular flexibility index (Phi) is 5.34. The summed E-state index contributed by atoms with van der Waals surface area (Å²) in [6, 6.07) is 7.63. The number of hydrogen-bond acceptors (Lipinski definition) is 7. The van der Waals surface area contributed by atoms with Crippen LogP contribution in [0.1, 0.15) is 16.2 Å². The van der Waals surface area contributed by atoms with E-state index in [0.717, 1.165) is 37.6 Å². The lowest BCUT2D eigenvalue weighted by molar-refractivity contribution is 0.0948. The molecule has 1 aliphatic heterocycles. The van der Waals surface area contributed by atoms with Gasteiger partial charge in [0, 0.05) is 38.4 Å². The van der Waals surface area contributed by atoms with E-state index in [1.165, 1.54) is 0 Å². The van der Waals surface area contributed by atoms with Crippen molar-refractivity contribution in [3.8, 4) is 0 Å². The molecule has 0 atom stereocenters. The van der Waals surface area contributed by atoms with Gasteiger partial charge in [-0.1, -0.05) is 6.07 Å². The maximum Gasteiger partial charge on any atom is 0.270 e. The molecule has 146 valence electrons. The Morgan fingerprint density at radius 2 is 2.11 bits per heavy atom. The fraction of sp³-hybridized carbons (Fsp3) is 0.368. The third-order valence-electron chi connectivity index (χ3n) is 4.65. The van der Waals surface area contributed by atoms with Gasteiger partial charge in [0.2, 0.25) is 0 Å². The Balaban J connectivity index is 1.32. The van der Waals surface area contributed by atoms with Crippen LogP contribution in [0.4, 0.5) is 11.5 Å². The molecule has 0 aliphatic carbocycles. The number of pyridine rings is 1. The second-order valence-corrected chi connectivity index (χ2v) is 6.56. The summed E-state index contributed by atoms with van der Waals surface area (Å²) >= 11 is 0. The number of morpholine rings is 1. The first-order valence-electron chi connectivity index (χ1n) is 9.33. The minimum absolute atomic E-state index is 0.147. The average Bonchev–Trinajstić information content (AvgIpc) is 3.08. The highest BCUT2D eigenvalue weighted by molar-refractivity contribution is 5.94. The predicted octanol–water partition coefficient (Wildman–Crippen LogP) is 1.11. The van der Waals surface area contributed by atoms with Crippen LogP contribution in [-0.4, -0.2) is 64.9 Å². The van der Waals surface area contributed by atoms with Gasteiger partial charge in [-0.05, 0) is 19.1 Å². The van der Waals surface area contributed by atoms with Gasteiger partial charge in [-0.25, -0.2) is 4.98 Å². The second kappa shape index (κ2) is 8.22. The lowest BCUT2D eigenvalue weighted by Crippen LogP contribution is -2.36. The third kappa shape index (κ3) is 3.89. The molecule has 9 heteroatoms. The van der Waals surface area contributed by atoms with E-state index in [2.05, 4.69) is 30.7 Å². The van der Waals surface area contributed by atoms with Crippen molar-refractivity contribution in [2.75, 3.05) is 49.6 Å². The van der Waals surface area contributed by atoms with Gasteiger partial charge in [0.15, 0.2) is 5.82 Å². The topological polar surface area (TPSA) is 96.7 Å². The SMILES string of the molecule is Cc1nc2ccccn2c1C(=O)NCCNc1cc(N2CCOCC2)cnn1. The summed E-state index contributed by atoms with van der Waals surface area (Å²) in [5.41, 5.74) is 3.05. The zero-order valence-corrected chi connectivity index (χ0v) is 15.8. The van der Waals surface area contributed by atoms with E-state index >= 15 is 0 Å². The number of hydrogen-bond donors (Lipinski definition) is 2. The summed E-state index contributed by atoms with van der Waals surface area (Å²) < 4.78 is 7.18. The summed E-state index contributed by atoms with van der Waals surface area (Å²) in [6.07, 6.45) is 3.60. The summed E-state index contributed by atoms with van der Waals surface area (Å²) in [5, 5.41) is 14.3. The summed E-state index contributed by atoms with van der Waals surface area (Å²) in [7, 11) is 0. The first-order chi connectivity index (χ1) is 13.7. The number of rotatable bonds is 6. The van der Waals surface area contributed by atoms with Crippen LogP contribution in [-0.2, 0) is 4.74 Å². The van der Waals surface area contributed by atoms with Crippen molar-refractivity contribution >= 4 is 23.1 Å². The van der Waals surface area contributed by atoms with Crippen molar-refractivity contribution in [1.82, 2.24) is 24.9 Å². The largest absolute Gasteiger partial charge is 0.378 e. The molecule has 0 bridgehead atoms. The van der Waals surface area contributed by atoms with Gasteiger partial charge in [-0.15, -0.1) is 5.10 Å². The molecule has 3 aromatic rings. The van der Waals surface area contributed by atoms with E-state index in [9.17, 15) is 4.79 Å². The average molecular weight is 381 g/mol. The molecule has 2 N–H and O–H groups in total. The highest BCUT2D eigenvalue weighted by Crippen LogP contribution is 2.17. The van der Waals surface area contributed by atoms with Gasteiger partial charge in [0.05, 0.1) is 30.8 Å². The van der Waals surface area contributed by atoms with Crippen LogP contribution >= 0.6 is 0 Å². The van der Waals surface area contributed by atoms with Gasteiger partial charge in [0.25, 0.3) is 5.91 Å². The molecule has 1 aliphatic rings. The van der Waals surface area contributed by atoms with Gasteiger partial charge in [-0.2, -0.15) is 5.10 Å². The number of aromatic nitrogens is 4. The number of ether oxygens (including phenoxy) is 1. The molecule has 0 unspecified atom stereocenters. The molecule has 9 nitrogen and oxygen atoms in total. The monoisotopic (exact) mass is 381 g/mol. The zero-order chi connectivity index (χ0) is 19.3. The molecule has 0 saturated carbocycles. The Bertz CT molecular complexity index is 966. The number of nitrogens with zero attached hydrogens (tertiary/aromatic N) is 5. The van der Waals surface area contributed by atoms with Gasteiger partial charge >= 0.3 is 0 Å². The minimum Gasteiger partial charge on any atom is -0.378 e. The maximum atomic E-state index is 12.6. The number of carbonyl (C=O) groups excluding carboxylic acids is 1. The lowest BCUT2D eigenvalue weighted by atomic mass is 10.3. The Hall–Kier alpha value is -3.20. The van der Waals surface area contributed by atoms with E-state index < -0.39 is 0 Å². The van der Waals surface area contributed by atoms with Gasteiger partial charge < -0.3 is 20.3 Å². The van der Waals surface area contributed by atoms with Crippen LogP contribution in [0, 0.1) is 6.92 Å². The molecule has 1 fully saturated rings. The second-order valence-electron chi connectivity index (χ2n) is 6.56. The normalized spacial score (nSPS) is 14.2. The Morgan fingerprint density at radius 1 is 1.25 bits per heavy atom. The molecular formula is C19H23N7O2. The van der Waals surface area contributed by atoms with Crippen LogP contribution in [0.3, 0.4) is 0 Å². The predicted molar refractivity (Wildman–Crippen MR) is 106 cm³/mol. The number of carbonyl (C=O) groups is 1. The lowest BCUT2D eigenvalue weighted by Gasteiger charge is -2.28. The molecular weight excluding hydrogens is 358 g/mol. The van der Waals surface area contributed by atoms with E-state index in [-0.39, 0.29) is 5.91 Å². The number of imidazole rings is 1. The molecule has 4 rings (SSSR count). The highest BCUT2D eigenvalue weighted by atomic mass is 16.5. The van der Waals surface area contributed by atoms with Gasteiger partial charge in [0.1, 0.15) is 11.3 Å². The summed E-state index contributed by atoms with van der Waals surface area (Å²) in [5.74, 6) is 0.537. The van der Waals surface area contributed by atoms with Crippen molar-refractivity contribution < 1.29 is 9.53 Å². The molecule has 1 amide bonds. The minimum atomic E-state index is -0.147. The summed E-state index contributed by atoms with van der Waals surface area (Å²) in [6.45, 7) is 5.98. The fourth-order valence-electron chi connectivity index (χ4n) is 3.27. The maximum absolute atomic E-state index is 12.6. The molecule has 4 heterocycles. The molecule has 0 aromatic carbocycles. The van der Waals surface area contributed by atoms with E-state index in [4.69, 9.17) is 4.74 Å². The van der Waals surface area contributed by atoms with Crippen molar-refractivity contribution in [1.29, 1.82) is 0 Å². The van der Waals surface area contributed by atoms with E-state index in [1.54, 1.807) is 10.6 Å². The number of nitrogens with one attached hydrogen (secondary N) is 2. The van der Waals surface area contributed by atoms with Crippen molar-refractivity contribution in [2.45, 2.75) is 6.92 Å². The van der Waals surface area contributed by atoms with E-state index in [0.29, 0.717) is 30.3 Å². The molecule has 28 heavy (non-hydrogen) atoms. The fourth-order valence-corrected chi connectivity index (χ4v) is 3.27. The summed E-state index contributed by atoms with van der Waals surface area (Å²) in [4.78, 5) is 19.2. The molecule has 0 spiro atoms. The Morgan fingerprint density at radius 3 is 2.96 bits per heavy atom. The molecule has 3 aromatic heterocycles. The quantitative estimate of drug-likeness (QED) is 0.618. The third-order valence-corrected chi connectivity index (χ3v) is 4.65. The van der Waals surface area contributed by atoms with Crippen molar-refractivity contribution in [3.05, 3.63) is 48.0 Å². The van der Waals surface area contributed by atoms with Crippen LogP contribution in [0.25, 0.3) is 5.65 Å². The number of aryl methyl sites for hydroxylation is 1.